The average molecular weight is 342 g/mol. The molecular formula is C22H22N4. The lowest BCUT2D eigenvalue weighted by atomic mass is 9.94. The lowest BCUT2D eigenvalue weighted by Crippen LogP contribution is -2.27. The van der Waals surface area contributed by atoms with Gasteiger partial charge in [0.25, 0.3) is 0 Å². The molecule has 0 aliphatic carbocycles. The van der Waals surface area contributed by atoms with Crippen LogP contribution in [0, 0.1) is 6.92 Å². The number of aryl methyl sites for hydroxylation is 1. The molecule has 2 N–H and O–H groups in total. The Morgan fingerprint density at radius 2 is 1.69 bits per heavy atom. The third-order valence-electron chi connectivity index (χ3n) is 5.37. The summed E-state index contributed by atoms with van der Waals surface area (Å²) >= 11 is 0. The monoisotopic (exact) mass is 342 g/mol. The van der Waals surface area contributed by atoms with Gasteiger partial charge in [-0.15, -0.1) is 0 Å². The van der Waals surface area contributed by atoms with Crippen LogP contribution in [-0.2, 0) is 0 Å². The van der Waals surface area contributed by atoms with Gasteiger partial charge in [0.1, 0.15) is 0 Å². The summed E-state index contributed by atoms with van der Waals surface area (Å²) in [5, 5.41) is 4.64. The highest BCUT2D eigenvalue weighted by Gasteiger charge is 2.17. The highest BCUT2D eigenvalue weighted by atomic mass is 14.9. The number of rotatable bonds is 2. The fraction of sp³-hybridized carbons (Fsp3) is 0.273. The second-order valence-corrected chi connectivity index (χ2v) is 7.25. The highest BCUT2D eigenvalue weighted by Crippen LogP contribution is 2.28. The molecule has 0 amide bonds. The number of pyridine rings is 2. The van der Waals surface area contributed by atoms with Gasteiger partial charge >= 0.3 is 0 Å². The van der Waals surface area contributed by atoms with Crippen molar-refractivity contribution >= 4 is 21.9 Å². The number of fused-ring (bicyclic) bond motifs is 2. The molecular weight excluding hydrogens is 320 g/mol. The maximum absolute atomic E-state index is 4.89. The Morgan fingerprint density at radius 1 is 0.885 bits per heavy atom. The molecule has 1 aliphatic rings. The van der Waals surface area contributed by atoms with Gasteiger partial charge in [0.05, 0.1) is 16.7 Å². The molecule has 0 bridgehead atoms. The predicted molar refractivity (Wildman–Crippen MR) is 106 cm³/mol. The van der Waals surface area contributed by atoms with Gasteiger partial charge in [-0.1, -0.05) is 6.07 Å². The first-order chi connectivity index (χ1) is 12.8. The number of benzene rings is 1. The summed E-state index contributed by atoms with van der Waals surface area (Å²) in [6, 6.07) is 17.1. The fourth-order valence-electron chi connectivity index (χ4n) is 3.97. The molecule has 1 fully saturated rings. The molecule has 4 heterocycles. The molecule has 1 saturated heterocycles. The van der Waals surface area contributed by atoms with Gasteiger partial charge < -0.3 is 10.3 Å². The zero-order valence-electron chi connectivity index (χ0n) is 14.9. The Bertz CT molecular complexity index is 1090. The van der Waals surface area contributed by atoms with Crippen molar-refractivity contribution in [3.63, 3.8) is 0 Å². The Kier molecular flexibility index (Phi) is 3.71. The van der Waals surface area contributed by atoms with Crippen molar-refractivity contribution < 1.29 is 0 Å². The lowest BCUT2D eigenvalue weighted by molar-refractivity contribution is 0.454. The van der Waals surface area contributed by atoms with Crippen LogP contribution in [0.1, 0.15) is 30.1 Å². The molecule has 3 aromatic heterocycles. The quantitative estimate of drug-likeness (QED) is 0.562. The van der Waals surface area contributed by atoms with Crippen molar-refractivity contribution in [1.29, 1.82) is 0 Å². The number of aromatic amines is 1. The number of hydrogen-bond acceptors (Lipinski definition) is 3. The fourth-order valence-corrected chi connectivity index (χ4v) is 3.97. The molecule has 0 atom stereocenters. The zero-order chi connectivity index (χ0) is 17.5. The first kappa shape index (κ1) is 15.5. The molecule has 1 aromatic carbocycles. The van der Waals surface area contributed by atoms with Gasteiger partial charge in [-0.05, 0) is 75.3 Å². The summed E-state index contributed by atoms with van der Waals surface area (Å²) in [6.07, 6.45) is 2.33. The van der Waals surface area contributed by atoms with Crippen LogP contribution in [0.5, 0.6) is 0 Å². The van der Waals surface area contributed by atoms with E-state index in [0.29, 0.717) is 5.92 Å². The second-order valence-electron chi connectivity index (χ2n) is 7.25. The summed E-state index contributed by atoms with van der Waals surface area (Å²) in [7, 11) is 0. The molecule has 4 heteroatoms. The second kappa shape index (κ2) is 6.22. The van der Waals surface area contributed by atoms with E-state index in [1.165, 1.54) is 35.1 Å². The van der Waals surface area contributed by atoms with Crippen molar-refractivity contribution in [2.45, 2.75) is 25.7 Å². The first-order valence-electron chi connectivity index (χ1n) is 9.34. The molecule has 0 spiro atoms. The van der Waals surface area contributed by atoms with Crippen LogP contribution in [0.2, 0.25) is 0 Å². The normalized spacial score (nSPS) is 15.7. The Labute approximate surface area is 152 Å². The predicted octanol–water partition coefficient (Wildman–Crippen LogP) is 4.55. The molecule has 0 radical (unpaired) electrons. The van der Waals surface area contributed by atoms with Crippen LogP contribution in [-0.4, -0.2) is 28.0 Å². The Balaban J connectivity index is 1.52. The van der Waals surface area contributed by atoms with Crippen LogP contribution >= 0.6 is 0 Å². The largest absolute Gasteiger partial charge is 0.359 e. The number of hydrogen-bond donors (Lipinski definition) is 2. The highest BCUT2D eigenvalue weighted by molar-refractivity contribution is 5.86. The minimum atomic E-state index is 0.569. The molecule has 0 saturated carbocycles. The van der Waals surface area contributed by atoms with Crippen LogP contribution in [0.15, 0.2) is 48.5 Å². The van der Waals surface area contributed by atoms with E-state index in [4.69, 9.17) is 9.97 Å². The van der Waals surface area contributed by atoms with Crippen LogP contribution in [0.4, 0.5) is 0 Å². The van der Waals surface area contributed by atoms with E-state index < -0.39 is 0 Å². The van der Waals surface area contributed by atoms with Crippen molar-refractivity contribution in [1.82, 2.24) is 20.3 Å². The molecule has 130 valence electrons. The van der Waals surface area contributed by atoms with E-state index in [1.54, 1.807) is 0 Å². The van der Waals surface area contributed by atoms with Gasteiger partial charge in [-0.2, -0.15) is 0 Å². The van der Waals surface area contributed by atoms with Crippen molar-refractivity contribution in [2.24, 2.45) is 0 Å². The first-order valence-corrected chi connectivity index (χ1v) is 9.34. The van der Waals surface area contributed by atoms with Gasteiger partial charge in [-0.3, -0.25) is 4.98 Å². The lowest BCUT2D eigenvalue weighted by Gasteiger charge is -2.22. The Morgan fingerprint density at radius 3 is 2.58 bits per heavy atom. The molecule has 4 aromatic rings. The minimum Gasteiger partial charge on any atom is -0.359 e. The topological polar surface area (TPSA) is 53.6 Å². The molecule has 1 aliphatic heterocycles. The molecule has 0 unspecified atom stereocenters. The summed E-state index contributed by atoms with van der Waals surface area (Å²) < 4.78 is 0. The van der Waals surface area contributed by atoms with E-state index in [2.05, 4.69) is 65.8 Å². The van der Waals surface area contributed by atoms with Crippen molar-refractivity contribution in [3.8, 4) is 11.3 Å². The van der Waals surface area contributed by atoms with Crippen molar-refractivity contribution in [2.75, 3.05) is 13.1 Å². The van der Waals surface area contributed by atoms with E-state index in [-0.39, 0.29) is 0 Å². The maximum Gasteiger partial charge on any atom is 0.0894 e. The SMILES string of the molecule is Cc1cc2cc(-c3ccc4nc(C5CCNCC5)ccc4n3)ccc2[nH]1. The number of aromatic nitrogens is 3. The summed E-state index contributed by atoms with van der Waals surface area (Å²) in [6.45, 7) is 4.25. The van der Waals surface area contributed by atoms with Crippen LogP contribution in [0.3, 0.4) is 0 Å². The summed E-state index contributed by atoms with van der Waals surface area (Å²) in [5.74, 6) is 0.569. The van der Waals surface area contributed by atoms with Crippen LogP contribution < -0.4 is 5.32 Å². The zero-order valence-corrected chi connectivity index (χ0v) is 14.9. The van der Waals surface area contributed by atoms with Crippen molar-refractivity contribution in [3.05, 3.63) is 59.9 Å². The number of nitrogens with one attached hydrogen (secondary N) is 2. The molecule has 26 heavy (non-hydrogen) atoms. The number of H-pyrrole nitrogens is 1. The van der Waals surface area contributed by atoms with Gasteiger partial charge in [-0.25, -0.2) is 4.98 Å². The number of piperidine rings is 1. The number of nitrogens with zero attached hydrogens (tertiary/aromatic N) is 2. The third kappa shape index (κ3) is 2.76. The standard InChI is InChI=1S/C22H22N4/c1-14-12-17-13-16(2-3-20(17)24-14)19-5-7-21-22(26-19)6-4-18(25-21)15-8-10-23-11-9-15/h2-7,12-13,15,23-24H,8-11H2,1H3. The van der Waals surface area contributed by atoms with E-state index in [9.17, 15) is 0 Å². The smallest absolute Gasteiger partial charge is 0.0894 e. The minimum absolute atomic E-state index is 0.569. The molecule has 4 nitrogen and oxygen atoms in total. The molecule has 5 rings (SSSR count). The third-order valence-corrected chi connectivity index (χ3v) is 5.37. The average Bonchev–Trinajstić information content (AvgIpc) is 3.07. The van der Waals surface area contributed by atoms with E-state index in [0.717, 1.165) is 35.4 Å². The summed E-state index contributed by atoms with van der Waals surface area (Å²) in [5.41, 5.74) is 7.64. The van der Waals surface area contributed by atoms with Gasteiger partial charge in [0.15, 0.2) is 0 Å². The Hall–Kier alpha value is -2.72. The summed E-state index contributed by atoms with van der Waals surface area (Å²) in [4.78, 5) is 13.1. The van der Waals surface area contributed by atoms with Crippen LogP contribution in [0.25, 0.3) is 33.2 Å². The van der Waals surface area contributed by atoms with E-state index >= 15 is 0 Å². The van der Waals surface area contributed by atoms with Gasteiger partial charge in [0.2, 0.25) is 0 Å². The van der Waals surface area contributed by atoms with E-state index in [1.807, 2.05) is 0 Å². The van der Waals surface area contributed by atoms with Gasteiger partial charge in [0, 0.05) is 33.8 Å². The maximum atomic E-state index is 4.89.